The van der Waals surface area contributed by atoms with Crippen LogP contribution in [0.1, 0.15) is 15.2 Å². The van der Waals surface area contributed by atoms with Crippen LogP contribution in [0.4, 0.5) is 5.00 Å². The van der Waals surface area contributed by atoms with Gasteiger partial charge in [-0.25, -0.2) is 4.79 Å². The molecule has 0 bridgehead atoms. The fraction of sp³-hybridized carbons (Fsp3) is 0.0625. The van der Waals surface area contributed by atoms with E-state index in [4.69, 9.17) is 10.8 Å². The highest BCUT2D eigenvalue weighted by Crippen LogP contribution is 2.39. The van der Waals surface area contributed by atoms with Gasteiger partial charge in [-0.1, -0.05) is 30.3 Å². The Hall–Kier alpha value is -2.93. The third kappa shape index (κ3) is 3.83. The summed E-state index contributed by atoms with van der Waals surface area (Å²) in [7, 11) is 0. The van der Waals surface area contributed by atoms with E-state index in [-0.39, 0.29) is 5.56 Å². The summed E-state index contributed by atoms with van der Waals surface area (Å²) in [4.78, 5) is 34.8. The molecule has 1 aromatic carbocycles. The van der Waals surface area contributed by atoms with E-state index in [1.54, 1.807) is 0 Å². The smallest absolute Gasteiger partial charge is 0.328 e. The van der Waals surface area contributed by atoms with Gasteiger partial charge in [0.25, 0.3) is 5.91 Å². The number of primary amides is 1. The number of thiophene rings is 1. The maximum Gasteiger partial charge on any atom is 0.328 e. The molecule has 1 aromatic heterocycles. The topological polar surface area (TPSA) is 109 Å². The van der Waals surface area contributed by atoms with Crippen molar-refractivity contribution < 1.29 is 19.5 Å². The first-order valence-electron chi connectivity index (χ1n) is 6.60. The molecule has 4 N–H and O–H groups in total. The van der Waals surface area contributed by atoms with Crippen molar-refractivity contribution in [2.24, 2.45) is 5.73 Å². The fourth-order valence-corrected chi connectivity index (χ4v) is 3.21. The lowest BCUT2D eigenvalue weighted by Gasteiger charge is -2.05. The highest BCUT2D eigenvalue weighted by Gasteiger charge is 2.22. The van der Waals surface area contributed by atoms with Crippen LogP contribution in [0.3, 0.4) is 0 Å². The molecule has 0 atom stereocenters. The quantitative estimate of drug-likeness (QED) is 0.731. The molecule has 0 aliphatic heterocycles. The molecular weight excluding hydrogens is 316 g/mol. The molecule has 0 saturated carbocycles. The van der Waals surface area contributed by atoms with Crippen molar-refractivity contribution in [2.45, 2.75) is 6.92 Å². The SMILES string of the molecule is Cc1sc(NC(=O)C=CC(=O)O)c(C(N)=O)c1-c1ccccc1. The molecule has 7 heteroatoms. The summed E-state index contributed by atoms with van der Waals surface area (Å²) in [6.45, 7) is 1.82. The van der Waals surface area contributed by atoms with E-state index in [0.29, 0.717) is 10.6 Å². The third-order valence-corrected chi connectivity index (χ3v) is 4.03. The Balaban J connectivity index is 2.44. The summed E-state index contributed by atoms with van der Waals surface area (Å²) in [5, 5.41) is 11.3. The second-order valence-electron chi connectivity index (χ2n) is 4.63. The summed E-state index contributed by atoms with van der Waals surface area (Å²) < 4.78 is 0. The number of amides is 2. The molecule has 0 fully saturated rings. The van der Waals surface area contributed by atoms with E-state index in [1.165, 1.54) is 11.3 Å². The Morgan fingerprint density at radius 3 is 2.39 bits per heavy atom. The summed E-state index contributed by atoms with van der Waals surface area (Å²) in [6.07, 6.45) is 1.60. The molecule has 2 rings (SSSR count). The molecule has 2 amide bonds. The van der Waals surface area contributed by atoms with Gasteiger partial charge >= 0.3 is 5.97 Å². The summed E-state index contributed by atoms with van der Waals surface area (Å²) in [5.41, 5.74) is 7.17. The third-order valence-electron chi connectivity index (χ3n) is 3.01. The number of carbonyl (C=O) groups excluding carboxylic acids is 2. The summed E-state index contributed by atoms with van der Waals surface area (Å²) in [6, 6.07) is 9.22. The van der Waals surface area contributed by atoms with Crippen molar-refractivity contribution in [3.05, 3.63) is 52.9 Å². The largest absolute Gasteiger partial charge is 0.478 e. The normalized spacial score (nSPS) is 10.7. The van der Waals surface area contributed by atoms with Crippen LogP contribution in [0.2, 0.25) is 0 Å². The number of carbonyl (C=O) groups is 3. The van der Waals surface area contributed by atoms with Gasteiger partial charge in [-0.3, -0.25) is 9.59 Å². The summed E-state index contributed by atoms with van der Waals surface area (Å²) >= 11 is 1.21. The number of hydrogen-bond donors (Lipinski definition) is 3. The number of aliphatic carboxylic acids is 1. The lowest BCUT2D eigenvalue weighted by atomic mass is 10.0. The molecule has 23 heavy (non-hydrogen) atoms. The molecule has 118 valence electrons. The maximum atomic E-state index is 11.8. The van der Waals surface area contributed by atoms with Crippen LogP contribution in [0, 0.1) is 6.92 Å². The first-order chi connectivity index (χ1) is 10.9. The highest BCUT2D eigenvalue weighted by molar-refractivity contribution is 7.17. The minimum absolute atomic E-state index is 0.218. The van der Waals surface area contributed by atoms with Crippen LogP contribution in [0.5, 0.6) is 0 Å². The molecule has 0 aliphatic rings. The van der Waals surface area contributed by atoms with Crippen LogP contribution in [-0.2, 0) is 9.59 Å². The second kappa shape index (κ2) is 6.89. The van der Waals surface area contributed by atoms with Crippen LogP contribution < -0.4 is 11.1 Å². The number of carboxylic acids is 1. The van der Waals surface area contributed by atoms with Gasteiger partial charge in [0.2, 0.25) is 5.91 Å². The monoisotopic (exact) mass is 330 g/mol. The standard InChI is InChI=1S/C16H14N2O4S/c1-9-13(10-5-3-2-4-6-10)14(15(17)22)16(23-9)18-11(19)7-8-12(20)21/h2-8H,1H3,(H2,17,22)(H,18,19)(H,20,21). The average molecular weight is 330 g/mol. The molecule has 0 aliphatic carbocycles. The maximum absolute atomic E-state index is 11.8. The van der Waals surface area contributed by atoms with Crippen molar-refractivity contribution >= 4 is 34.1 Å². The van der Waals surface area contributed by atoms with Gasteiger partial charge in [-0.05, 0) is 12.5 Å². The number of aryl methyl sites for hydroxylation is 1. The fourth-order valence-electron chi connectivity index (χ4n) is 2.12. The number of anilines is 1. The van der Waals surface area contributed by atoms with E-state index >= 15 is 0 Å². The van der Waals surface area contributed by atoms with E-state index in [1.807, 2.05) is 37.3 Å². The number of nitrogens with two attached hydrogens (primary N) is 1. The number of carboxylic acid groups (broad SMARTS) is 1. The molecule has 0 unspecified atom stereocenters. The van der Waals surface area contributed by atoms with Crippen LogP contribution in [0.25, 0.3) is 11.1 Å². The minimum atomic E-state index is -1.23. The minimum Gasteiger partial charge on any atom is -0.478 e. The molecule has 2 aromatic rings. The average Bonchev–Trinajstić information content (AvgIpc) is 2.82. The Kier molecular flexibility index (Phi) is 4.92. The Morgan fingerprint density at radius 1 is 1.17 bits per heavy atom. The lowest BCUT2D eigenvalue weighted by Crippen LogP contribution is -2.16. The first-order valence-corrected chi connectivity index (χ1v) is 7.42. The second-order valence-corrected chi connectivity index (χ2v) is 5.85. The number of rotatable bonds is 5. The van der Waals surface area contributed by atoms with Crippen molar-refractivity contribution in [1.29, 1.82) is 0 Å². The van der Waals surface area contributed by atoms with Crippen molar-refractivity contribution in [2.75, 3.05) is 5.32 Å². The molecule has 0 saturated heterocycles. The van der Waals surface area contributed by atoms with Crippen LogP contribution >= 0.6 is 11.3 Å². The van der Waals surface area contributed by atoms with Crippen LogP contribution in [-0.4, -0.2) is 22.9 Å². The first kappa shape index (κ1) is 16.4. The van der Waals surface area contributed by atoms with E-state index in [0.717, 1.165) is 22.6 Å². The molecule has 6 nitrogen and oxygen atoms in total. The van der Waals surface area contributed by atoms with Gasteiger partial charge in [0.15, 0.2) is 0 Å². The predicted octanol–water partition coefficient (Wildman–Crippen LogP) is 2.40. The molecule has 1 heterocycles. The van der Waals surface area contributed by atoms with E-state index < -0.39 is 17.8 Å². The van der Waals surface area contributed by atoms with Gasteiger partial charge < -0.3 is 16.2 Å². The van der Waals surface area contributed by atoms with Gasteiger partial charge in [0.05, 0.1) is 5.56 Å². The van der Waals surface area contributed by atoms with Gasteiger partial charge in [-0.15, -0.1) is 11.3 Å². The molecular formula is C16H14N2O4S. The van der Waals surface area contributed by atoms with Gasteiger partial charge in [0, 0.05) is 22.6 Å². The molecule has 0 radical (unpaired) electrons. The van der Waals surface area contributed by atoms with Gasteiger partial charge in [0.1, 0.15) is 5.00 Å². The zero-order valence-corrected chi connectivity index (χ0v) is 13.0. The van der Waals surface area contributed by atoms with E-state index in [9.17, 15) is 14.4 Å². The van der Waals surface area contributed by atoms with Gasteiger partial charge in [-0.2, -0.15) is 0 Å². The number of nitrogens with one attached hydrogen (secondary N) is 1. The Bertz CT molecular complexity index is 794. The Labute approximate surface area is 136 Å². The zero-order valence-electron chi connectivity index (χ0n) is 12.2. The number of hydrogen-bond acceptors (Lipinski definition) is 4. The lowest BCUT2D eigenvalue weighted by molar-refractivity contribution is -0.131. The summed E-state index contributed by atoms with van der Waals surface area (Å²) in [5.74, 6) is -2.54. The zero-order chi connectivity index (χ0) is 17.0. The predicted molar refractivity (Wildman–Crippen MR) is 88.4 cm³/mol. The van der Waals surface area contributed by atoms with Crippen molar-refractivity contribution in [1.82, 2.24) is 0 Å². The van der Waals surface area contributed by atoms with Crippen LogP contribution in [0.15, 0.2) is 42.5 Å². The number of benzene rings is 1. The van der Waals surface area contributed by atoms with Crippen molar-refractivity contribution in [3.63, 3.8) is 0 Å². The Morgan fingerprint density at radius 2 is 1.83 bits per heavy atom. The van der Waals surface area contributed by atoms with Crippen molar-refractivity contribution in [3.8, 4) is 11.1 Å². The highest BCUT2D eigenvalue weighted by atomic mass is 32.1. The van der Waals surface area contributed by atoms with E-state index in [2.05, 4.69) is 5.32 Å². The molecule has 0 spiro atoms.